The van der Waals surface area contributed by atoms with Crippen LogP contribution in [0.2, 0.25) is 0 Å². The maximum absolute atomic E-state index is 8.86. The van der Waals surface area contributed by atoms with E-state index in [1.165, 1.54) is 0 Å². The second-order valence-corrected chi connectivity index (χ2v) is 5.00. The Bertz CT molecular complexity index is 584. The first-order chi connectivity index (χ1) is 10.3. The van der Waals surface area contributed by atoms with Gasteiger partial charge in [-0.2, -0.15) is 5.26 Å². The van der Waals surface area contributed by atoms with Crippen molar-refractivity contribution < 1.29 is 0 Å². The summed E-state index contributed by atoms with van der Waals surface area (Å²) < 4.78 is 0. The number of hydrogen-bond acceptors (Lipinski definition) is 3. The molecule has 0 aliphatic heterocycles. The SMILES string of the molecule is CC[C@H](N)c1ccc(N(CCC#N)c2ccccc2)cc1. The van der Waals surface area contributed by atoms with Gasteiger partial charge in [-0.05, 0) is 36.2 Å². The van der Waals surface area contributed by atoms with Crippen LogP contribution in [0.1, 0.15) is 31.4 Å². The van der Waals surface area contributed by atoms with Gasteiger partial charge >= 0.3 is 0 Å². The van der Waals surface area contributed by atoms with Crippen molar-refractivity contribution >= 4 is 11.4 Å². The van der Waals surface area contributed by atoms with Crippen LogP contribution in [0.25, 0.3) is 0 Å². The van der Waals surface area contributed by atoms with Crippen molar-refractivity contribution in [3.8, 4) is 6.07 Å². The van der Waals surface area contributed by atoms with Crippen molar-refractivity contribution in [2.45, 2.75) is 25.8 Å². The summed E-state index contributed by atoms with van der Waals surface area (Å²) in [6.07, 6.45) is 1.42. The van der Waals surface area contributed by atoms with E-state index in [9.17, 15) is 0 Å². The number of nitrogens with zero attached hydrogens (tertiary/aromatic N) is 2. The highest BCUT2D eigenvalue weighted by Gasteiger charge is 2.10. The van der Waals surface area contributed by atoms with E-state index < -0.39 is 0 Å². The van der Waals surface area contributed by atoms with Gasteiger partial charge in [-0.15, -0.1) is 0 Å². The molecule has 0 bridgehead atoms. The maximum Gasteiger partial charge on any atom is 0.0640 e. The highest BCUT2D eigenvalue weighted by molar-refractivity contribution is 5.63. The third kappa shape index (κ3) is 3.84. The van der Waals surface area contributed by atoms with Gasteiger partial charge in [0.05, 0.1) is 12.5 Å². The van der Waals surface area contributed by atoms with E-state index in [0.29, 0.717) is 13.0 Å². The minimum Gasteiger partial charge on any atom is -0.340 e. The summed E-state index contributed by atoms with van der Waals surface area (Å²) in [4.78, 5) is 2.16. The molecule has 2 N–H and O–H groups in total. The zero-order valence-electron chi connectivity index (χ0n) is 12.4. The fraction of sp³-hybridized carbons (Fsp3) is 0.278. The quantitative estimate of drug-likeness (QED) is 0.864. The lowest BCUT2D eigenvalue weighted by Crippen LogP contribution is -2.18. The normalized spacial score (nSPS) is 11.7. The number of hydrogen-bond donors (Lipinski definition) is 1. The fourth-order valence-corrected chi connectivity index (χ4v) is 2.31. The minimum atomic E-state index is 0.0864. The van der Waals surface area contributed by atoms with Crippen molar-refractivity contribution in [3.63, 3.8) is 0 Å². The van der Waals surface area contributed by atoms with Gasteiger partial charge in [-0.25, -0.2) is 0 Å². The van der Waals surface area contributed by atoms with E-state index in [0.717, 1.165) is 23.4 Å². The lowest BCUT2D eigenvalue weighted by molar-refractivity contribution is 0.698. The van der Waals surface area contributed by atoms with Gasteiger partial charge in [0.15, 0.2) is 0 Å². The summed E-state index contributed by atoms with van der Waals surface area (Å²) in [6, 6.07) is 20.7. The molecular weight excluding hydrogens is 258 g/mol. The smallest absolute Gasteiger partial charge is 0.0640 e. The van der Waals surface area contributed by atoms with Crippen LogP contribution in [0.5, 0.6) is 0 Å². The lowest BCUT2D eigenvalue weighted by atomic mass is 10.0. The zero-order chi connectivity index (χ0) is 15.1. The molecule has 0 saturated heterocycles. The predicted octanol–water partition coefficient (Wildman–Crippen LogP) is 4.15. The molecule has 0 amide bonds. The first-order valence-electron chi connectivity index (χ1n) is 7.31. The molecule has 3 nitrogen and oxygen atoms in total. The third-order valence-corrected chi connectivity index (χ3v) is 3.59. The van der Waals surface area contributed by atoms with Gasteiger partial charge in [0.1, 0.15) is 0 Å². The zero-order valence-corrected chi connectivity index (χ0v) is 12.4. The Balaban J connectivity index is 2.27. The second-order valence-electron chi connectivity index (χ2n) is 5.00. The van der Waals surface area contributed by atoms with Crippen LogP contribution in [-0.4, -0.2) is 6.54 Å². The standard InChI is InChI=1S/C18H21N3/c1-2-18(20)15-9-11-17(12-10-15)21(14-6-13-19)16-7-4-3-5-8-16/h3-5,7-12,18H,2,6,14,20H2,1H3/t18-/m0/s1. The molecule has 2 aromatic carbocycles. The molecule has 0 fully saturated rings. The molecule has 0 spiro atoms. The van der Waals surface area contributed by atoms with E-state index >= 15 is 0 Å². The topological polar surface area (TPSA) is 53.0 Å². The van der Waals surface area contributed by atoms with Crippen LogP contribution in [0, 0.1) is 11.3 Å². The van der Waals surface area contributed by atoms with Gasteiger partial charge in [-0.1, -0.05) is 37.3 Å². The van der Waals surface area contributed by atoms with E-state index in [1.807, 2.05) is 18.2 Å². The van der Waals surface area contributed by atoms with Gasteiger partial charge in [0, 0.05) is 24.0 Å². The largest absolute Gasteiger partial charge is 0.340 e. The van der Waals surface area contributed by atoms with Gasteiger partial charge in [-0.3, -0.25) is 0 Å². The van der Waals surface area contributed by atoms with Gasteiger partial charge in [0.2, 0.25) is 0 Å². The number of rotatable bonds is 6. The predicted molar refractivity (Wildman–Crippen MR) is 87.3 cm³/mol. The summed E-state index contributed by atoms with van der Waals surface area (Å²) >= 11 is 0. The van der Waals surface area contributed by atoms with E-state index in [-0.39, 0.29) is 6.04 Å². The average Bonchev–Trinajstić information content (AvgIpc) is 2.56. The highest BCUT2D eigenvalue weighted by Crippen LogP contribution is 2.26. The molecule has 0 aliphatic rings. The number of benzene rings is 2. The second kappa shape index (κ2) is 7.47. The Morgan fingerprint density at radius 3 is 2.24 bits per heavy atom. The van der Waals surface area contributed by atoms with Crippen LogP contribution in [0.15, 0.2) is 54.6 Å². The monoisotopic (exact) mass is 279 g/mol. The van der Waals surface area contributed by atoms with Crippen molar-refractivity contribution in [1.82, 2.24) is 0 Å². The molecular formula is C18H21N3. The van der Waals surface area contributed by atoms with Crippen LogP contribution >= 0.6 is 0 Å². The van der Waals surface area contributed by atoms with E-state index in [1.54, 1.807) is 0 Å². The average molecular weight is 279 g/mol. The molecule has 0 radical (unpaired) electrons. The number of anilines is 2. The number of nitriles is 1. The maximum atomic E-state index is 8.86. The Hall–Kier alpha value is -2.31. The molecule has 1 atom stereocenters. The Morgan fingerprint density at radius 2 is 1.67 bits per heavy atom. The Morgan fingerprint density at radius 1 is 1.05 bits per heavy atom. The van der Waals surface area contributed by atoms with Crippen LogP contribution in [0.3, 0.4) is 0 Å². The van der Waals surface area contributed by atoms with Crippen molar-refractivity contribution in [3.05, 3.63) is 60.2 Å². The summed E-state index contributed by atoms with van der Waals surface area (Å²) in [5.41, 5.74) is 9.39. The van der Waals surface area contributed by atoms with Gasteiger partial charge in [0.25, 0.3) is 0 Å². The molecule has 0 aliphatic carbocycles. The van der Waals surface area contributed by atoms with Crippen molar-refractivity contribution in [2.24, 2.45) is 5.73 Å². The molecule has 108 valence electrons. The fourth-order valence-electron chi connectivity index (χ4n) is 2.31. The van der Waals surface area contributed by atoms with E-state index in [2.05, 4.69) is 54.3 Å². The summed E-state index contributed by atoms with van der Waals surface area (Å²) in [5, 5.41) is 8.86. The van der Waals surface area contributed by atoms with Crippen molar-refractivity contribution in [2.75, 3.05) is 11.4 Å². The molecule has 3 heteroatoms. The molecule has 2 rings (SSSR count). The molecule has 2 aromatic rings. The van der Waals surface area contributed by atoms with Crippen molar-refractivity contribution in [1.29, 1.82) is 5.26 Å². The summed E-state index contributed by atoms with van der Waals surface area (Å²) in [6.45, 7) is 2.77. The highest BCUT2D eigenvalue weighted by atomic mass is 15.1. The van der Waals surface area contributed by atoms with Crippen LogP contribution in [0.4, 0.5) is 11.4 Å². The molecule has 0 saturated carbocycles. The Labute approximate surface area is 126 Å². The summed E-state index contributed by atoms with van der Waals surface area (Å²) in [5.74, 6) is 0. The first-order valence-corrected chi connectivity index (χ1v) is 7.31. The molecule has 0 heterocycles. The van der Waals surface area contributed by atoms with E-state index in [4.69, 9.17) is 11.0 Å². The van der Waals surface area contributed by atoms with Gasteiger partial charge < -0.3 is 10.6 Å². The number of nitrogens with two attached hydrogens (primary N) is 1. The van der Waals surface area contributed by atoms with Crippen LogP contribution in [-0.2, 0) is 0 Å². The Kier molecular flexibility index (Phi) is 5.36. The third-order valence-electron chi connectivity index (χ3n) is 3.59. The lowest BCUT2D eigenvalue weighted by Gasteiger charge is -2.24. The first kappa shape index (κ1) is 15.1. The van der Waals surface area contributed by atoms with Crippen LogP contribution < -0.4 is 10.6 Å². The molecule has 21 heavy (non-hydrogen) atoms. The molecule has 0 unspecified atom stereocenters. The minimum absolute atomic E-state index is 0.0864. The summed E-state index contributed by atoms with van der Waals surface area (Å²) in [7, 11) is 0. The number of para-hydroxylation sites is 1. The molecule has 0 aromatic heterocycles.